The smallest absolute Gasteiger partial charge is 0.241 e. The highest BCUT2D eigenvalue weighted by atomic mass is 16.3. The molecule has 0 bridgehead atoms. The second-order valence-electron chi connectivity index (χ2n) is 9.16. The zero-order valence-corrected chi connectivity index (χ0v) is 20.6. The van der Waals surface area contributed by atoms with Crippen molar-refractivity contribution < 1.29 is 9.21 Å². The van der Waals surface area contributed by atoms with E-state index in [4.69, 9.17) is 4.42 Å². The lowest BCUT2D eigenvalue weighted by Gasteiger charge is -2.39. The van der Waals surface area contributed by atoms with E-state index in [1.165, 1.54) is 23.6 Å². The molecule has 1 aliphatic rings. The van der Waals surface area contributed by atoms with Gasteiger partial charge in [0.15, 0.2) is 0 Å². The molecule has 2 heterocycles. The van der Waals surface area contributed by atoms with E-state index in [1.807, 2.05) is 6.07 Å². The fraction of sp³-hybridized carbons (Fsp3) is 0.233. The SMILES string of the molecule is O=C(CCN1CCN(C(c2ccccc2)c2ccccc2)CC1)N/N=C/c1coc2ccccc2c1=O. The van der Waals surface area contributed by atoms with Crippen LogP contribution in [0.2, 0.25) is 0 Å². The van der Waals surface area contributed by atoms with Crippen molar-refractivity contribution >= 4 is 23.1 Å². The maximum atomic E-state index is 12.5. The van der Waals surface area contributed by atoms with Gasteiger partial charge < -0.3 is 9.32 Å². The Balaban J connectivity index is 1.12. The zero-order valence-electron chi connectivity index (χ0n) is 20.6. The topological polar surface area (TPSA) is 78.2 Å². The van der Waals surface area contributed by atoms with Crippen molar-refractivity contribution in [2.45, 2.75) is 12.5 Å². The molecule has 0 saturated carbocycles. The number of carbonyl (C=O) groups is 1. The Morgan fingerprint density at radius 2 is 1.51 bits per heavy atom. The minimum atomic E-state index is -0.185. The summed E-state index contributed by atoms with van der Waals surface area (Å²) in [5.74, 6) is -0.185. The molecule has 4 aromatic rings. The van der Waals surface area contributed by atoms with Gasteiger partial charge in [0, 0.05) is 39.1 Å². The summed E-state index contributed by atoms with van der Waals surface area (Å²) in [6.45, 7) is 4.29. The number of rotatable bonds is 8. The van der Waals surface area contributed by atoms with Crippen LogP contribution in [-0.4, -0.2) is 54.6 Å². The van der Waals surface area contributed by atoms with E-state index in [0.717, 1.165) is 26.2 Å². The first kappa shape index (κ1) is 24.6. The first-order valence-corrected chi connectivity index (χ1v) is 12.6. The van der Waals surface area contributed by atoms with Crippen molar-refractivity contribution in [1.82, 2.24) is 15.2 Å². The number of hydrogen-bond donors (Lipinski definition) is 1. The minimum Gasteiger partial charge on any atom is -0.463 e. The summed E-state index contributed by atoms with van der Waals surface area (Å²) in [5.41, 5.74) is 5.75. The fourth-order valence-corrected chi connectivity index (χ4v) is 4.80. The highest BCUT2D eigenvalue weighted by Gasteiger charge is 2.26. The van der Waals surface area contributed by atoms with Gasteiger partial charge in [-0.3, -0.25) is 14.5 Å². The quantitative estimate of drug-likeness (QED) is 0.296. The molecule has 7 heteroatoms. The van der Waals surface area contributed by atoms with Gasteiger partial charge in [-0.2, -0.15) is 5.10 Å². The fourth-order valence-electron chi connectivity index (χ4n) is 4.80. The number of amides is 1. The lowest BCUT2D eigenvalue weighted by molar-refractivity contribution is -0.121. The molecular formula is C30H30N4O3. The minimum absolute atomic E-state index is 0.179. The summed E-state index contributed by atoms with van der Waals surface area (Å²) in [7, 11) is 0. The number of nitrogens with one attached hydrogen (secondary N) is 1. The summed E-state index contributed by atoms with van der Waals surface area (Å²) in [5, 5.41) is 4.45. The molecule has 1 aliphatic heterocycles. The number of para-hydroxylation sites is 1. The molecule has 0 spiro atoms. The van der Waals surface area contributed by atoms with Gasteiger partial charge in [-0.15, -0.1) is 0 Å². The van der Waals surface area contributed by atoms with Crippen molar-refractivity contribution in [1.29, 1.82) is 0 Å². The third kappa shape index (κ3) is 6.02. The summed E-state index contributed by atoms with van der Waals surface area (Å²) in [6, 6.07) is 28.5. The highest BCUT2D eigenvalue weighted by Crippen LogP contribution is 2.29. The first-order chi connectivity index (χ1) is 18.2. The Hall–Kier alpha value is -4.07. The Bertz CT molecular complexity index is 1370. The van der Waals surface area contributed by atoms with Crippen LogP contribution >= 0.6 is 0 Å². The maximum Gasteiger partial charge on any atom is 0.241 e. The van der Waals surface area contributed by atoms with E-state index in [2.05, 4.69) is 81.0 Å². The second kappa shape index (κ2) is 11.8. The van der Waals surface area contributed by atoms with Gasteiger partial charge in [-0.1, -0.05) is 72.8 Å². The van der Waals surface area contributed by atoms with Crippen LogP contribution in [0, 0.1) is 0 Å². The molecule has 1 N–H and O–H groups in total. The molecular weight excluding hydrogens is 464 g/mol. The first-order valence-electron chi connectivity index (χ1n) is 12.6. The molecule has 0 radical (unpaired) electrons. The summed E-state index contributed by atoms with van der Waals surface area (Å²) >= 11 is 0. The van der Waals surface area contributed by atoms with Gasteiger partial charge in [0.2, 0.25) is 11.3 Å². The van der Waals surface area contributed by atoms with Gasteiger partial charge in [0.05, 0.1) is 23.2 Å². The lowest BCUT2D eigenvalue weighted by atomic mass is 9.96. The standard InChI is InChI=1S/C30H30N4O3/c35-28(32-31-21-25-22-37-27-14-8-7-13-26(27)30(25)36)15-16-33-17-19-34(20-18-33)29(23-9-3-1-4-10-23)24-11-5-2-6-12-24/h1-14,21-22,29H,15-20H2,(H,32,35)/b31-21+. The Morgan fingerprint density at radius 1 is 0.892 bits per heavy atom. The van der Waals surface area contributed by atoms with E-state index in [1.54, 1.807) is 18.2 Å². The van der Waals surface area contributed by atoms with Crippen molar-refractivity contribution in [3.63, 3.8) is 0 Å². The normalized spacial score (nSPS) is 14.9. The lowest BCUT2D eigenvalue weighted by Crippen LogP contribution is -2.48. The Kier molecular flexibility index (Phi) is 7.84. The molecule has 37 heavy (non-hydrogen) atoms. The molecule has 0 aliphatic carbocycles. The molecule has 0 unspecified atom stereocenters. The monoisotopic (exact) mass is 494 g/mol. The molecule has 1 fully saturated rings. The number of nitrogens with zero attached hydrogens (tertiary/aromatic N) is 3. The van der Waals surface area contributed by atoms with E-state index in [-0.39, 0.29) is 17.4 Å². The van der Waals surface area contributed by atoms with Crippen LogP contribution in [-0.2, 0) is 4.79 Å². The number of benzene rings is 3. The third-order valence-corrected chi connectivity index (χ3v) is 6.76. The molecule has 5 rings (SSSR count). The summed E-state index contributed by atoms with van der Waals surface area (Å²) in [4.78, 5) is 29.7. The summed E-state index contributed by atoms with van der Waals surface area (Å²) < 4.78 is 5.48. The number of carbonyl (C=O) groups excluding carboxylic acids is 1. The molecule has 0 atom stereocenters. The van der Waals surface area contributed by atoms with Crippen molar-refractivity contribution in [3.8, 4) is 0 Å². The van der Waals surface area contributed by atoms with Crippen LogP contribution in [0.25, 0.3) is 11.0 Å². The van der Waals surface area contributed by atoms with E-state index < -0.39 is 0 Å². The van der Waals surface area contributed by atoms with E-state index >= 15 is 0 Å². The molecule has 1 amide bonds. The number of hydrogen-bond acceptors (Lipinski definition) is 6. The molecule has 3 aromatic carbocycles. The predicted octanol–water partition coefficient (Wildman–Crippen LogP) is 4.04. The van der Waals surface area contributed by atoms with Gasteiger partial charge in [0.1, 0.15) is 11.8 Å². The van der Waals surface area contributed by atoms with Gasteiger partial charge >= 0.3 is 0 Å². The van der Waals surface area contributed by atoms with Crippen molar-refractivity contribution in [2.24, 2.45) is 5.10 Å². The van der Waals surface area contributed by atoms with E-state index in [9.17, 15) is 9.59 Å². The van der Waals surface area contributed by atoms with E-state index in [0.29, 0.717) is 29.5 Å². The van der Waals surface area contributed by atoms with Crippen LogP contribution in [0.5, 0.6) is 0 Å². The molecule has 188 valence electrons. The number of fused-ring (bicyclic) bond motifs is 1. The molecule has 1 saturated heterocycles. The Labute approximate surface area is 216 Å². The number of hydrazone groups is 1. The molecule has 1 aromatic heterocycles. The van der Waals surface area contributed by atoms with Crippen LogP contribution in [0.3, 0.4) is 0 Å². The maximum absolute atomic E-state index is 12.5. The highest BCUT2D eigenvalue weighted by molar-refractivity contribution is 5.87. The average Bonchev–Trinajstić information content (AvgIpc) is 2.95. The van der Waals surface area contributed by atoms with Crippen LogP contribution in [0.1, 0.15) is 29.2 Å². The van der Waals surface area contributed by atoms with Gasteiger partial charge in [-0.05, 0) is 23.3 Å². The predicted molar refractivity (Wildman–Crippen MR) is 146 cm³/mol. The number of piperazine rings is 1. The van der Waals surface area contributed by atoms with Crippen molar-refractivity contribution in [2.75, 3.05) is 32.7 Å². The Morgan fingerprint density at radius 3 is 2.19 bits per heavy atom. The average molecular weight is 495 g/mol. The zero-order chi connectivity index (χ0) is 25.5. The third-order valence-electron chi connectivity index (χ3n) is 6.76. The van der Waals surface area contributed by atoms with Crippen molar-refractivity contribution in [3.05, 3.63) is 118 Å². The van der Waals surface area contributed by atoms with Crippen LogP contribution in [0.15, 0.2) is 106 Å². The molecule has 7 nitrogen and oxygen atoms in total. The largest absolute Gasteiger partial charge is 0.463 e. The van der Waals surface area contributed by atoms with Gasteiger partial charge in [0.25, 0.3) is 0 Å². The van der Waals surface area contributed by atoms with Crippen LogP contribution < -0.4 is 10.9 Å². The van der Waals surface area contributed by atoms with Crippen LogP contribution in [0.4, 0.5) is 0 Å². The second-order valence-corrected chi connectivity index (χ2v) is 9.16. The summed E-state index contributed by atoms with van der Waals surface area (Å²) in [6.07, 6.45) is 3.03. The van der Waals surface area contributed by atoms with Gasteiger partial charge in [-0.25, -0.2) is 5.43 Å².